The van der Waals surface area contributed by atoms with Gasteiger partial charge in [-0.2, -0.15) is 0 Å². The lowest BCUT2D eigenvalue weighted by atomic mass is 10.2. The quantitative estimate of drug-likeness (QED) is 0.731. The summed E-state index contributed by atoms with van der Waals surface area (Å²) in [4.78, 5) is 2.38. The second-order valence-corrected chi connectivity index (χ2v) is 4.73. The number of hydrogen-bond donors (Lipinski definition) is 1. The van der Waals surface area contributed by atoms with Gasteiger partial charge in [0.05, 0.1) is 0 Å². The maximum absolute atomic E-state index is 13.4. The Kier molecular flexibility index (Phi) is 7.25. The van der Waals surface area contributed by atoms with Gasteiger partial charge in [0.2, 0.25) is 0 Å². The molecular formula is C14H22ClFN2. The van der Waals surface area contributed by atoms with E-state index < -0.39 is 0 Å². The summed E-state index contributed by atoms with van der Waals surface area (Å²) >= 11 is 5.83. The van der Waals surface area contributed by atoms with Crippen molar-refractivity contribution in [3.63, 3.8) is 0 Å². The minimum atomic E-state index is -0.198. The van der Waals surface area contributed by atoms with Gasteiger partial charge in [0, 0.05) is 17.1 Å². The number of nitrogens with zero attached hydrogens (tertiary/aromatic N) is 1. The van der Waals surface area contributed by atoms with Crippen LogP contribution in [0.2, 0.25) is 5.02 Å². The van der Waals surface area contributed by atoms with Crippen LogP contribution in [0.1, 0.15) is 25.8 Å². The summed E-state index contributed by atoms with van der Waals surface area (Å²) in [5.74, 6) is -0.198. The van der Waals surface area contributed by atoms with E-state index in [2.05, 4.69) is 24.1 Å². The molecule has 0 saturated carbocycles. The molecule has 0 heterocycles. The Hall–Kier alpha value is -0.640. The van der Waals surface area contributed by atoms with Crippen LogP contribution in [0.15, 0.2) is 18.2 Å². The van der Waals surface area contributed by atoms with Gasteiger partial charge in [0.25, 0.3) is 0 Å². The van der Waals surface area contributed by atoms with Gasteiger partial charge < -0.3 is 10.2 Å². The molecule has 0 bridgehead atoms. The van der Waals surface area contributed by atoms with Crippen LogP contribution in [0.4, 0.5) is 4.39 Å². The molecule has 18 heavy (non-hydrogen) atoms. The van der Waals surface area contributed by atoms with E-state index in [1.54, 1.807) is 12.1 Å². The van der Waals surface area contributed by atoms with E-state index in [-0.39, 0.29) is 5.82 Å². The van der Waals surface area contributed by atoms with Gasteiger partial charge in [-0.15, -0.1) is 0 Å². The van der Waals surface area contributed by atoms with Gasteiger partial charge in [-0.25, -0.2) is 4.39 Å². The van der Waals surface area contributed by atoms with Crippen LogP contribution >= 0.6 is 11.6 Å². The standard InChI is InChI=1S/C14H22ClFN2/c1-3-18(4-2)9-5-8-17-11-12-10-13(15)6-7-14(12)16/h6-7,10,17H,3-5,8-9,11H2,1-2H3. The maximum Gasteiger partial charge on any atom is 0.127 e. The van der Waals surface area contributed by atoms with E-state index in [1.165, 1.54) is 6.07 Å². The third-order valence-electron chi connectivity index (χ3n) is 3.05. The summed E-state index contributed by atoms with van der Waals surface area (Å²) in [7, 11) is 0. The largest absolute Gasteiger partial charge is 0.313 e. The first-order chi connectivity index (χ1) is 8.67. The van der Waals surface area contributed by atoms with Gasteiger partial charge in [-0.05, 0) is 50.8 Å². The third-order valence-corrected chi connectivity index (χ3v) is 3.28. The molecule has 0 unspecified atom stereocenters. The molecule has 1 rings (SSSR count). The molecule has 2 nitrogen and oxygen atoms in total. The van der Waals surface area contributed by atoms with Gasteiger partial charge >= 0.3 is 0 Å². The monoisotopic (exact) mass is 272 g/mol. The molecule has 0 amide bonds. The number of hydrogen-bond acceptors (Lipinski definition) is 2. The van der Waals surface area contributed by atoms with Crippen molar-refractivity contribution in [2.24, 2.45) is 0 Å². The molecule has 0 aliphatic heterocycles. The molecule has 0 fully saturated rings. The summed E-state index contributed by atoms with van der Waals surface area (Å²) in [5.41, 5.74) is 0.630. The maximum atomic E-state index is 13.4. The van der Waals surface area contributed by atoms with Crippen LogP contribution < -0.4 is 5.32 Å². The van der Waals surface area contributed by atoms with Crippen molar-refractivity contribution in [3.8, 4) is 0 Å². The van der Waals surface area contributed by atoms with Crippen LogP contribution in [0, 0.1) is 5.82 Å². The fourth-order valence-electron chi connectivity index (χ4n) is 1.87. The minimum absolute atomic E-state index is 0.198. The van der Waals surface area contributed by atoms with Crippen molar-refractivity contribution in [2.75, 3.05) is 26.2 Å². The second kappa shape index (κ2) is 8.46. The fraction of sp³-hybridized carbons (Fsp3) is 0.571. The van der Waals surface area contributed by atoms with Crippen LogP contribution in [0.25, 0.3) is 0 Å². The average Bonchev–Trinajstić information content (AvgIpc) is 2.38. The van der Waals surface area contributed by atoms with E-state index in [9.17, 15) is 4.39 Å². The predicted molar refractivity (Wildman–Crippen MR) is 75.5 cm³/mol. The molecule has 4 heteroatoms. The summed E-state index contributed by atoms with van der Waals surface area (Å²) in [6, 6.07) is 4.66. The highest BCUT2D eigenvalue weighted by atomic mass is 35.5. The summed E-state index contributed by atoms with van der Waals surface area (Å²) in [6.45, 7) is 9.00. The van der Waals surface area contributed by atoms with Crippen LogP contribution in [-0.4, -0.2) is 31.1 Å². The first kappa shape index (κ1) is 15.4. The van der Waals surface area contributed by atoms with Crippen LogP contribution in [0.3, 0.4) is 0 Å². The molecule has 0 atom stereocenters. The van der Waals surface area contributed by atoms with E-state index in [4.69, 9.17) is 11.6 Å². The summed E-state index contributed by atoms with van der Waals surface area (Å²) in [5, 5.41) is 3.83. The van der Waals surface area contributed by atoms with Crippen LogP contribution in [0.5, 0.6) is 0 Å². The van der Waals surface area contributed by atoms with Crippen molar-refractivity contribution in [2.45, 2.75) is 26.8 Å². The van der Waals surface area contributed by atoms with Gasteiger partial charge in [0.15, 0.2) is 0 Å². The average molecular weight is 273 g/mol. The molecule has 102 valence electrons. The minimum Gasteiger partial charge on any atom is -0.313 e. The molecular weight excluding hydrogens is 251 g/mol. The number of halogens is 2. The first-order valence-corrected chi connectivity index (χ1v) is 6.92. The highest BCUT2D eigenvalue weighted by Gasteiger charge is 2.02. The molecule has 1 N–H and O–H groups in total. The van der Waals surface area contributed by atoms with Gasteiger partial charge in [0.1, 0.15) is 5.82 Å². The fourth-order valence-corrected chi connectivity index (χ4v) is 2.06. The zero-order chi connectivity index (χ0) is 13.4. The number of benzene rings is 1. The third kappa shape index (κ3) is 5.34. The number of nitrogens with one attached hydrogen (secondary N) is 1. The van der Waals surface area contributed by atoms with E-state index in [0.29, 0.717) is 17.1 Å². The molecule has 0 aliphatic rings. The Bertz CT molecular complexity index is 354. The van der Waals surface area contributed by atoms with Crippen molar-refractivity contribution < 1.29 is 4.39 Å². The molecule has 0 radical (unpaired) electrons. The number of rotatable bonds is 8. The van der Waals surface area contributed by atoms with Gasteiger partial charge in [-0.1, -0.05) is 25.4 Å². The van der Waals surface area contributed by atoms with Crippen LogP contribution in [-0.2, 0) is 6.54 Å². The lowest BCUT2D eigenvalue weighted by Gasteiger charge is -2.17. The second-order valence-electron chi connectivity index (χ2n) is 4.29. The van der Waals surface area contributed by atoms with Crippen molar-refractivity contribution in [3.05, 3.63) is 34.6 Å². The molecule has 0 aliphatic carbocycles. The lowest BCUT2D eigenvalue weighted by Crippen LogP contribution is -2.27. The molecule has 0 saturated heterocycles. The first-order valence-electron chi connectivity index (χ1n) is 6.54. The molecule has 1 aromatic rings. The van der Waals surface area contributed by atoms with Crippen molar-refractivity contribution in [1.29, 1.82) is 0 Å². The Morgan fingerprint density at radius 3 is 2.67 bits per heavy atom. The van der Waals surface area contributed by atoms with E-state index >= 15 is 0 Å². The zero-order valence-corrected chi connectivity index (χ0v) is 11.9. The topological polar surface area (TPSA) is 15.3 Å². The Balaban J connectivity index is 2.23. The lowest BCUT2D eigenvalue weighted by molar-refractivity contribution is 0.298. The van der Waals surface area contributed by atoms with Crippen molar-refractivity contribution >= 4 is 11.6 Å². The smallest absolute Gasteiger partial charge is 0.127 e. The molecule has 0 spiro atoms. The van der Waals surface area contributed by atoms with Gasteiger partial charge in [-0.3, -0.25) is 0 Å². The highest BCUT2D eigenvalue weighted by molar-refractivity contribution is 6.30. The summed E-state index contributed by atoms with van der Waals surface area (Å²) < 4.78 is 13.4. The van der Waals surface area contributed by atoms with Crippen molar-refractivity contribution in [1.82, 2.24) is 10.2 Å². The molecule has 0 aromatic heterocycles. The Morgan fingerprint density at radius 1 is 1.28 bits per heavy atom. The van der Waals surface area contributed by atoms with E-state index in [1.807, 2.05) is 0 Å². The molecule has 1 aromatic carbocycles. The Labute approximate surface area is 114 Å². The SMILES string of the molecule is CCN(CC)CCCNCc1cc(Cl)ccc1F. The Morgan fingerprint density at radius 2 is 2.00 bits per heavy atom. The zero-order valence-electron chi connectivity index (χ0n) is 11.2. The summed E-state index contributed by atoms with van der Waals surface area (Å²) in [6.07, 6.45) is 1.07. The van der Waals surface area contributed by atoms with E-state index in [0.717, 1.165) is 32.6 Å². The highest BCUT2D eigenvalue weighted by Crippen LogP contribution is 2.14. The predicted octanol–water partition coefficient (Wildman–Crippen LogP) is 3.30. The normalized spacial score (nSPS) is 11.2.